The normalized spacial score (nSPS) is 12.6. The van der Waals surface area contributed by atoms with Crippen LogP contribution >= 0.6 is 0 Å². The molecule has 16 heavy (non-hydrogen) atoms. The summed E-state index contributed by atoms with van der Waals surface area (Å²) in [6.07, 6.45) is 2.84. The molecule has 0 rings (SSSR count). The highest BCUT2D eigenvalue weighted by atomic mass is 16.6. The van der Waals surface area contributed by atoms with Gasteiger partial charge in [-0.25, -0.2) is 0 Å². The second-order valence-electron chi connectivity index (χ2n) is 4.74. The van der Waals surface area contributed by atoms with E-state index in [9.17, 15) is 9.90 Å². The van der Waals surface area contributed by atoms with Crippen LogP contribution in [-0.4, -0.2) is 22.3 Å². The van der Waals surface area contributed by atoms with E-state index in [0.29, 0.717) is 12.8 Å². The number of carbonyl (C=O) groups is 1. The molecule has 0 aliphatic rings. The van der Waals surface area contributed by atoms with Crippen LogP contribution in [0.25, 0.3) is 0 Å². The van der Waals surface area contributed by atoms with E-state index in [1.807, 2.05) is 34.6 Å². The number of esters is 1. The summed E-state index contributed by atoms with van der Waals surface area (Å²) in [4.78, 5) is 11.7. The molecule has 0 atom stereocenters. The van der Waals surface area contributed by atoms with Gasteiger partial charge < -0.3 is 9.84 Å². The third-order valence-electron chi connectivity index (χ3n) is 3.65. The smallest absolute Gasteiger partial charge is 0.309 e. The summed E-state index contributed by atoms with van der Waals surface area (Å²) in [7, 11) is 0. The molecule has 0 aliphatic carbocycles. The third-order valence-corrected chi connectivity index (χ3v) is 3.65. The standard InChI is InChI=1S/C13H26O3/c1-6-12(5,7-2)16-11(14)10-13(15,8-3)9-4/h15H,6-10H2,1-5H3. The highest BCUT2D eigenvalue weighted by molar-refractivity contribution is 5.71. The molecular weight excluding hydrogens is 204 g/mol. The van der Waals surface area contributed by atoms with Crippen LogP contribution in [0.5, 0.6) is 0 Å². The molecule has 3 nitrogen and oxygen atoms in total. The van der Waals surface area contributed by atoms with Crippen LogP contribution in [0.15, 0.2) is 0 Å². The monoisotopic (exact) mass is 230 g/mol. The van der Waals surface area contributed by atoms with Gasteiger partial charge in [-0.3, -0.25) is 4.79 Å². The van der Waals surface area contributed by atoms with Crippen molar-refractivity contribution in [1.82, 2.24) is 0 Å². The first-order chi connectivity index (χ1) is 7.34. The molecule has 0 aromatic rings. The zero-order valence-corrected chi connectivity index (χ0v) is 11.3. The van der Waals surface area contributed by atoms with E-state index < -0.39 is 5.60 Å². The minimum absolute atomic E-state index is 0.0928. The molecule has 3 heteroatoms. The Morgan fingerprint density at radius 3 is 1.81 bits per heavy atom. The van der Waals surface area contributed by atoms with E-state index in [4.69, 9.17) is 4.74 Å². The number of hydrogen-bond acceptors (Lipinski definition) is 3. The predicted molar refractivity (Wildman–Crippen MR) is 65.2 cm³/mol. The van der Waals surface area contributed by atoms with Crippen LogP contribution < -0.4 is 0 Å². The zero-order chi connectivity index (χ0) is 12.8. The highest BCUT2D eigenvalue weighted by Crippen LogP contribution is 2.24. The number of hydrogen-bond donors (Lipinski definition) is 1. The van der Waals surface area contributed by atoms with Crippen LogP contribution in [0.3, 0.4) is 0 Å². The van der Waals surface area contributed by atoms with Gasteiger partial charge in [-0.05, 0) is 32.6 Å². The summed E-state index contributed by atoms with van der Waals surface area (Å²) in [6, 6.07) is 0. The fourth-order valence-corrected chi connectivity index (χ4v) is 1.47. The second kappa shape index (κ2) is 6.24. The van der Waals surface area contributed by atoms with Crippen molar-refractivity contribution in [3.8, 4) is 0 Å². The Bertz CT molecular complexity index is 193. The van der Waals surface area contributed by atoms with E-state index >= 15 is 0 Å². The predicted octanol–water partition coefficient (Wildman–Crippen LogP) is 3.05. The van der Waals surface area contributed by atoms with Gasteiger partial charge in [0.15, 0.2) is 0 Å². The molecular formula is C13H26O3. The van der Waals surface area contributed by atoms with Crippen molar-refractivity contribution in [2.75, 3.05) is 0 Å². The maximum atomic E-state index is 11.7. The fourth-order valence-electron chi connectivity index (χ4n) is 1.47. The Kier molecular flexibility index (Phi) is 6.01. The molecule has 0 aromatic heterocycles. The van der Waals surface area contributed by atoms with Crippen LogP contribution in [0.1, 0.15) is 66.7 Å². The molecule has 0 fully saturated rings. The van der Waals surface area contributed by atoms with Crippen LogP contribution in [0.2, 0.25) is 0 Å². The highest BCUT2D eigenvalue weighted by Gasteiger charge is 2.31. The third kappa shape index (κ3) is 4.52. The lowest BCUT2D eigenvalue weighted by molar-refractivity contribution is -0.164. The Balaban J connectivity index is 4.38. The van der Waals surface area contributed by atoms with Crippen molar-refractivity contribution in [3.05, 3.63) is 0 Å². The minimum Gasteiger partial charge on any atom is -0.459 e. The van der Waals surface area contributed by atoms with E-state index in [2.05, 4.69) is 0 Å². The van der Waals surface area contributed by atoms with E-state index in [-0.39, 0.29) is 18.0 Å². The Morgan fingerprint density at radius 1 is 1.06 bits per heavy atom. The topological polar surface area (TPSA) is 46.5 Å². The Labute approximate surface area is 99.2 Å². The number of aliphatic hydroxyl groups is 1. The van der Waals surface area contributed by atoms with Crippen LogP contribution in [0.4, 0.5) is 0 Å². The lowest BCUT2D eigenvalue weighted by Gasteiger charge is -2.30. The van der Waals surface area contributed by atoms with Crippen LogP contribution in [0, 0.1) is 0 Å². The summed E-state index contributed by atoms with van der Waals surface area (Å²) in [5, 5.41) is 10.0. The van der Waals surface area contributed by atoms with Gasteiger partial charge in [-0.2, -0.15) is 0 Å². The van der Waals surface area contributed by atoms with Crippen molar-refractivity contribution in [3.63, 3.8) is 0 Å². The number of carbonyl (C=O) groups excluding carboxylic acids is 1. The summed E-state index contributed by atoms with van der Waals surface area (Å²) in [5.41, 5.74) is -1.29. The first-order valence-corrected chi connectivity index (χ1v) is 6.29. The summed E-state index contributed by atoms with van der Waals surface area (Å²) >= 11 is 0. The zero-order valence-electron chi connectivity index (χ0n) is 11.3. The van der Waals surface area contributed by atoms with Crippen molar-refractivity contribution >= 4 is 5.97 Å². The quantitative estimate of drug-likeness (QED) is 0.684. The first-order valence-electron chi connectivity index (χ1n) is 6.29. The van der Waals surface area contributed by atoms with Gasteiger partial charge in [-0.15, -0.1) is 0 Å². The molecule has 0 aliphatic heterocycles. The molecule has 0 spiro atoms. The minimum atomic E-state index is -0.903. The van der Waals surface area contributed by atoms with E-state index in [1.54, 1.807) is 0 Å². The number of ether oxygens (including phenoxy) is 1. The molecule has 0 heterocycles. The molecule has 0 saturated heterocycles. The van der Waals surface area contributed by atoms with Gasteiger partial charge in [-0.1, -0.05) is 27.7 Å². The van der Waals surface area contributed by atoms with Gasteiger partial charge in [0.05, 0.1) is 12.0 Å². The van der Waals surface area contributed by atoms with Gasteiger partial charge in [0.2, 0.25) is 0 Å². The molecule has 0 bridgehead atoms. The van der Waals surface area contributed by atoms with Gasteiger partial charge in [0.25, 0.3) is 0 Å². The van der Waals surface area contributed by atoms with E-state index in [1.165, 1.54) is 0 Å². The fraction of sp³-hybridized carbons (Fsp3) is 0.923. The second-order valence-corrected chi connectivity index (χ2v) is 4.74. The van der Waals surface area contributed by atoms with Crippen molar-refractivity contribution < 1.29 is 14.6 Å². The summed E-state index contributed by atoms with van der Waals surface area (Å²) in [5.74, 6) is -0.294. The molecule has 1 N–H and O–H groups in total. The molecule has 0 radical (unpaired) electrons. The number of rotatable bonds is 7. The average Bonchev–Trinajstić information content (AvgIpc) is 2.28. The average molecular weight is 230 g/mol. The van der Waals surface area contributed by atoms with Crippen molar-refractivity contribution in [2.45, 2.75) is 77.9 Å². The van der Waals surface area contributed by atoms with Gasteiger partial charge in [0, 0.05) is 0 Å². The van der Waals surface area contributed by atoms with Crippen molar-refractivity contribution in [2.24, 2.45) is 0 Å². The lowest BCUT2D eigenvalue weighted by atomic mass is 9.93. The van der Waals surface area contributed by atoms with E-state index in [0.717, 1.165) is 12.8 Å². The Morgan fingerprint density at radius 2 is 1.50 bits per heavy atom. The molecule has 0 amide bonds. The lowest BCUT2D eigenvalue weighted by Crippen LogP contribution is -2.36. The first kappa shape index (κ1) is 15.4. The van der Waals surface area contributed by atoms with Gasteiger partial charge >= 0.3 is 5.97 Å². The molecule has 96 valence electrons. The summed E-state index contributed by atoms with van der Waals surface area (Å²) < 4.78 is 5.44. The molecule has 0 aromatic carbocycles. The SMILES string of the molecule is CCC(O)(CC)CC(=O)OC(C)(CC)CC. The largest absolute Gasteiger partial charge is 0.459 e. The van der Waals surface area contributed by atoms with Crippen LogP contribution in [-0.2, 0) is 9.53 Å². The van der Waals surface area contributed by atoms with Crippen molar-refractivity contribution in [1.29, 1.82) is 0 Å². The maximum Gasteiger partial charge on any atom is 0.309 e. The molecule has 0 unspecified atom stereocenters. The molecule has 0 saturated carbocycles. The van der Waals surface area contributed by atoms with Gasteiger partial charge in [0.1, 0.15) is 5.60 Å². The Hall–Kier alpha value is -0.570. The summed E-state index contributed by atoms with van der Waals surface area (Å²) in [6.45, 7) is 9.71. The maximum absolute atomic E-state index is 11.7.